The van der Waals surface area contributed by atoms with Gasteiger partial charge in [0.25, 0.3) is 0 Å². The fourth-order valence-electron chi connectivity index (χ4n) is 1.56. The largest absolute Gasteiger partial charge is 0.485 e. The zero-order valence-corrected chi connectivity index (χ0v) is 12.9. The summed E-state index contributed by atoms with van der Waals surface area (Å²) in [7, 11) is -2.49. The number of nitro groups is 1. The molecule has 0 unspecified atom stereocenters. The number of nitrogens with one attached hydrogen (secondary N) is 2. The quantitative estimate of drug-likeness (QED) is 0.418. The van der Waals surface area contributed by atoms with Crippen molar-refractivity contribution in [3.63, 3.8) is 0 Å². The van der Waals surface area contributed by atoms with Crippen molar-refractivity contribution in [2.75, 3.05) is 20.2 Å². The molecule has 0 amide bonds. The van der Waals surface area contributed by atoms with Gasteiger partial charge in [-0.15, -0.1) is 0 Å². The van der Waals surface area contributed by atoms with Gasteiger partial charge in [-0.05, 0) is 19.2 Å². The van der Waals surface area contributed by atoms with Gasteiger partial charge >= 0.3 is 5.69 Å². The van der Waals surface area contributed by atoms with E-state index in [0.29, 0.717) is 6.54 Å². The molecule has 1 aromatic carbocycles. The van der Waals surface area contributed by atoms with Crippen LogP contribution in [-0.4, -0.2) is 39.6 Å². The summed E-state index contributed by atoms with van der Waals surface area (Å²) in [5.41, 5.74) is -0.379. The van der Waals surface area contributed by atoms with E-state index in [1.807, 2.05) is 13.8 Å². The maximum Gasteiger partial charge on any atom is 0.312 e. The van der Waals surface area contributed by atoms with Gasteiger partial charge in [-0.2, -0.15) is 0 Å². The molecule has 1 aromatic rings. The van der Waals surface area contributed by atoms with Crippen molar-refractivity contribution in [2.45, 2.75) is 24.8 Å². The SMILES string of the molecule is CNS(=O)(=O)c1ccc(OCCNC(C)C)c([N+](=O)[O-])c1. The van der Waals surface area contributed by atoms with Crippen LogP contribution in [0.2, 0.25) is 0 Å². The number of hydrogen-bond acceptors (Lipinski definition) is 6. The Kier molecular flexibility index (Phi) is 6.06. The van der Waals surface area contributed by atoms with Crippen LogP contribution >= 0.6 is 0 Å². The van der Waals surface area contributed by atoms with Gasteiger partial charge in [-0.25, -0.2) is 13.1 Å². The summed E-state index contributed by atoms with van der Waals surface area (Å²) in [5, 5.41) is 14.1. The third kappa shape index (κ3) is 4.96. The Morgan fingerprint density at radius 3 is 2.57 bits per heavy atom. The number of ether oxygens (including phenoxy) is 1. The van der Waals surface area contributed by atoms with E-state index in [0.717, 1.165) is 6.07 Å². The highest BCUT2D eigenvalue weighted by Gasteiger charge is 2.21. The Balaban J connectivity index is 2.93. The fraction of sp³-hybridized carbons (Fsp3) is 0.500. The minimum Gasteiger partial charge on any atom is -0.485 e. The molecule has 0 saturated carbocycles. The molecule has 0 aromatic heterocycles. The van der Waals surface area contributed by atoms with Crippen LogP contribution in [0.3, 0.4) is 0 Å². The maximum atomic E-state index is 11.6. The molecule has 0 aliphatic carbocycles. The van der Waals surface area contributed by atoms with Crippen LogP contribution in [0, 0.1) is 10.1 Å². The minimum atomic E-state index is -3.73. The van der Waals surface area contributed by atoms with Crippen molar-refractivity contribution in [1.29, 1.82) is 0 Å². The second kappa shape index (κ2) is 7.34. The predicted octanol–water partition coefficient (Wildman–Crippen LogP) is 0.880. The lowest BCUT2D eigenvalue weighted by Gasteiger charge is -2.10. The van der Waals surface area contributed by atoms with Gasteiger partial charge in [-0.1, -0.05) is 13.8 Å². The molecule has 8 nitrogen and oxygen atoms in total. The van der Waals surface area contributed by atoms with Crippen LogP contribution in [0.25, 0.3) is 0 Å². The molecule has 0 saturated heterocycles. The summed E-state index contributed by atoms with van der Waals surface area (Å²) < 4.78 is 30.7. The summed E-state index contributed by atoms with van der Waals surface area (Å²) in [6.45, 7) is 4.72. The Morgan fingerprint density at radius 2 is 2.05 bits per heavy atom. The number of sulfonamides is 1. The molecule has 0 atom stereocenters. The minimum absolute atomic E-state index is 0.0422. The summed E-state index contributed by atoms with van der Waals surface area (Å²) in [5.74, 6) is 0.0422. The molecule has 9 heteroatoms. The van der Waals surface area contributed by atoms with Crippen LogP contribution in [-0.2, 0) is 10.0 Å². The first-order valence-corrected chi connectivity index (χ1v) is 7.84. The molecular weight excluding hydrogens is 298 g/mol. The predicted molar refractivity (Wildman–Crippen MR) is 78.0 cm³/mol. The van der Waals surface area contributed by atoms with Gasteiger partial charge in [0.1, 0.15) is 6.61 Å². The van der Waals surface area contributed by atoms with E-state index in [2.05, 4.69) is 10.0 Å². The number of nitro benzene ring substituents is 1. The van der Waals surface area contributed by atoms with Crippen molar-refractivity contribution in [3.05, 3.63) is 28.3 Å². The van der Waals surface area contributed by atoms with Crippen molar-refractivity contribution < 1.29 is 18.1 Å². The Hall–Kier alpha value is -1.71. The van der Waals surface area contributed by atoms with Crippen LogP contribution in [0.1, 0.15) is 13.8 Å². The highest BCUT2D eigenvalue weighted by molar-refractivity contribution is 7.89. The number of nitrogens with zero attached hydrogens (tertiary/aromatic N) is 1. The zero-order chi connectivity index (χ0) is 16.0. The van der Waals surface area contributed by atoms with Crippen molar-refractivity contribution in [3.8, 4) is 5.75 Å². The van der Waals surface area contributed by atoms with Gasteiger partial charge in [0, 0.05) is 18.7 Å². The van der Waals surface area contributed by atoms with Gasteiger partial charge in [-0.3, -0.25) is 10.1 Å². The van der Waals surface area contributed by atoms with Crippen LogP contribution in [0.4, 0.5) is 5.69 Å². The van der Waals surface area contributed by atoms with E-state index in [9.17, 15) is 18.5 Å². The molecule has 118 valence electrons. The number of hydrogen-bond donors (Lipinski definition) is 2. The fourth-order valence-corrected chi connectivity index (χ4v) is 2.31. The first-order chi connectivity index (χ1) is 9.77. The van der Waals surface area contributed by atoms with Crippen LogP contribution in [0.5, 0.6) is 5.75 Å². The third-order valence-corrected chi connectivity index (χ3v) is 4.03. The molecule has 2 N–H and O–H groups in total. The molecule has 0 bridgehead atoms. The average molecular weight is 317 g/mol. The maximum absolute atomic E-state index is 11.6. The summed E-state index contributed by atoms with van der Waals surface area (Å²) in [6.07, 6.45) is 0. The Bertz CT molecular complexity index is 601. The molecule has 21 heavy (non-hydrogen) atoms. The molecule has 0 spiro atoms. The van der Waals surface area contributed by atoms with Gasteiger partial charge in [0.05, 0.1) is 9.82 Å². The number of rotatable bonds is 8. The highest BCUT2D eigenvalue weighted by Crippen LogP contribution is 2.29. The standard InChI is InChI=1S/C12H19N3O5S/c1-9(2)14-6-7-20-12-5-4-10(21(18,19)13-3)8-11(12)15(16)17/h4-5,8-9,13-14H,6-7H2,1-3H3. The molecule has 0 heterocycles. The topological polar surface area (TPSA) is 111 Å². The first-order valence-electron chi connectivity index (χ1n) is 6.36. The molecule has 0 fully saturated rings. The summed E-state index contributed by atoms with van der Waals surface area (Å²) in [4.78, 5) is 10.2. The summed E-state index contributed by atoms with van der Waals surface area (Å²) in [6, 6.07) is 3.82. The van der Waals surface area contributed by atoms with Crippen molar-refractivity contribution >= 4 is 15.7 Å². The van der Waals surface area contributed by atoms with Crippen LogP contribution < -0.4 is 14.8 Å². The van der Waals surface area contributed by atoms with E-state index >= 15 is 0 Å². The lowest BCUT2D eigenvalue weighted by molar-refractivity contribution is -0.386. The van der Waals surface area contributed by atoms with Crippen molar-refractivity contribution in [1.82, 2.24) is 10.0 Å². The second-order valence-corrected chi connectivity index (χ2v) is 6.44. The zero-order valence-electron chi connectivity index (χ0n) is 12.1. The lowest BCUT2D eigenvalue weighted by atomic mass is 10.3. The molecule has 0 aliphatic rings. The van der Waals surface area contributed by atoms with E-state index in [1.54, 1.807) is 0 Å². The normalized spacial score (nSPS) is 11.6. The van der Waals surface area contributed by atoms with E-state index in [-0.39, 0.29) is 29.0 Å². The third-order valence-electron chi connectivity index (χ3n) is 2.62. The van der Waals surface area contributed by atoms with Gasteiger partial charge < -0.3 is 10.1 Å². The molecule has 1 rings (SSSR count). The number of benzene rings is 1. The van der Waals surface area contributed by atoms with E-state index in [1.165, 1.54) is 19.2 Å². The molecule has 0 aliphatic heterocycles. The van der Waals surface area contributed by atoms with Crippen molar-refractivity contribution in [2.24, 2.45) is 0 Å². The molecule has 0 radical (unpaired) electrons. The first kappa shape index (κ1) is 17.3. The van der Waals surface area contributed by atoms with E-state index < -0.39 is 14.9 Å². The summed E-state index contributed by atoms with van der Waals surface area (Å²) >= 11 is 0. The van der Waals surface area contributed by atoms with Crippen LogP contribution in [0.15, 0.2) is 23.1 Å². The lowest BCUT2D eigenvalue weighted by Crippen LogP contribution is -2.27. The Morgan fingerprint density at radius 1 is 1.38 bits per heavy atom. The highest BCUT2D eigenvalue weighted by atomic mass is 32.2. The smallest absolute Gasteiger partial charge is 0.312 e. The van der Waals surface area contributed by atoms with E-state index in [4.69, 9.17) is 4.74 Å². The average Bonchev–Trinajstić information content (AvgIpc) is 2.43. The van der Waals surface area contributed by atoms with Gasteiger partial charge in [0.15, 0.2) is 5.75 Å². The monoisotopic (exact) mass is 317 g/mol. The Labute approximate surface area is 123 Å². The van der Waals surface area contributed by atoms with Gasteiger partial charge in [0.2, 0.25) is 10.0 Å². The second-order valence-electron chi connectivity index (χ2n) is 4.55. The molecular formula is C12H19N3O5S.